The molecule has 0 amide bonds. The highest BCUT2D eigenvalue weighted by atomic mass is 16.7. The van der Waals surface area contributed by atoms with E-state index in [2.05, 4.69) is 0 Å². The fourth-order valence-corrected chi connectivity index (χ4v) is 1.75. The van der Waals surface area contributed by atoms with Crippen LogP contribution in [0.3, 0.4) is 0 Å². The van der Waals surface area contributed by atoms with Crippen LogP contribution in [-0.4, -0.2) is 23.7 Å². The molecule has 1 aliphatic heterocycles. The summed E-state index contributed by atoms with van der Waals surface area (Å²) in [5.74, 6) is -1.35. The van der Waals surface area contributed by atoms with Gasteiger partial charge in [0.15, 0.2) is 17.3 Å². The molecule has 0 aliphatic carbocycles. The van der Waals surface area contributed by atoms with Gasteiger partial charge in [-0.15, -0.1) is 0 Å². The van der Waals surface area contributed by atoms with Crippen LogP contribution in [0.1, 0.15) is 24.2 Å². The van der Waals surface area contributed by atoms with Crippen molar-refractivity contribution in [1.29, 1.82) is 0 Å². The molecule has 0 saturated heterocycles. The Bertz CT molecular complexity index is 494. The second-order valence-electron chi connectivity index (χ2n) is 4.35. The number of carbonyl (C=O) groups is 2. The van der Waals surface area contributed by atoms with E-state index in [0.717, 1.165) is 0 Å². The van der Waals surface area contributed by atoms with E-state index in [4.69, 9.17) is 14.6 Å². The zero-order valence-electron chi connectivity index (χ0n) is 10.2. The lowest BCUT2D eigenvalue weighted by Crippen LogP contribution is -2.25. The van der Waals surface area contributed by atoms with Gasteiger partial charge in [-0.2, -0.15) is 0 Å². The summed E-state index contributed by atoms with van der Waals surface area (Å²) < 4.78 is 10.3. The number of benzene rings is 1. The van der Waals surface area contributed by atoms with Crippen LogP contribution in [0.25, 0.3) is 0 Å². The number of rotatable bonds is 4. The number of fused-ring (bicyclic) bond motifs is 1. The molecule has 0 bridgehead atoms. The lowest BCUT2D eigenvalue weighted by molar-refractivity contribution is -0.142. The van der Waals surface area contributed by atoms with Gasteiger partial charge in [0.25, 0.3) is 0 Å². The zero-order valence-corrected chi connectivity index (χ0v) is 10.2. The topological polar surface area (TPSA) is 72.8 Å². The van der Waals surface area contributed by atoms with E-state index in [-0.39, 0.29) is 12.6 Å². The first-order valence-corrected chi connectivity index (χ1v) is 5.67. The fourth-order valence-electron chi connectivity index (χ4n) is 1.75. The van der Waals surface area contributed by atoms with E-state index >= 15 is 0 Å². The molecule has 96 valence electrons. The zero-order chi connectivity index (χ0) is 13.3. The maximum absolute atomic E-state index is 12.1. The van der Waals surface area contributed by atoms with Gasteiger partial charge in [-0.1, -0.05) is 13.8 Å². The van der Waals surface area contributed by atoms with E-state index in [0.29, 0.717) is 17.1 Å². The highest BCUT2D eigenvalue weighted by molar-refractivity contribution is 6.00. The molecule has 1 N–H and O–H groups in total. The molecule has 1 heterocycles. The van der Waals surface area contributed by atoms with Crippen molar-refractivity contribution < 1.29 is 24.2 Å². The molecule has 1 aromatic rings. The van der Waals surface area contributed by atoms with E-state index in [1.165, 1.54) is 6.92 Å². The van der Waals surface area contributed by atoms with Crippen molar-refractivity contribution in [2.24, 2.45) is 11.8 Å². The fraction of sp³-hybridized carbons (Fsp3) is 0.385. The molecule has 18 heavy (non-hydrogen) atoms. The van der Waals surface area contributed by atoms with Crippen molar-refractivity contribution in [2.75, 3.05) is 6.79 Å². The molecule has 0 unspecified atom stereocenters. The first-order valence-electron chi connectivity index (χ1n) is 5.67. The van der Waals surface area contributed by atoms with Crippen LogP contribution in [0.2, 0.25) is 0 Å². The Labute approximate surface area is 104 Å². The number of carboxylic acid groups (broad SMARTS) is 1. The van der Waals surface area contributed by atoms with E-state index < -0.39 is 17.8 Å². The van der Waals surface area contributed by atoms with Crippen molar-refractivity contribution in [2.45, 2.75) is 13.8 Å². The number of ether oxygens (including phenoxy) is 2. The Kier molecular flexibility index (Phi) is 3.23. The highest BCUT2D eigenvalue weighted by Gasteiger charge is 2.27. The van der Waals surface area contributed by atoms with E-state index in [1.807, 2.05) is 0 Å². The van der Waals surface area contributed by atoms with Crippen LogP contribution >= 0.6 is 0 Å². The number of carboxylic acids is 1. The highest BCUT2D eigenvalue weighted by Crippen LogP contribution is 2.33. The number of aliphatic carboxylic acids is 1. The van der Waals surface area contributed by atoms with Gasteiger partial charge in [-0.05, 0) is 18.2 Å². The molecule has 0 spiro atoms. The van der Waals surface area contributed by atoms with Gasteiger partial charge >= 0.3 is 5.97 Å². The molecule has 5 nitrogen and oxygen atoms in total. The Morgan fingerprint density at radius 2 is 1.83 bits per heavy atom. The third-order valence-electron chi connectivity index (χ3n) is 3.21. The number of hydrogen-bond acceptors (Lipinski definition) is 4. The van der Waals surface area contributed by atoms with Crippen molar-refractivity contribution in [3.8, 4) is 11.5 Å². The molecule has 0 aromatic heterocycles. The summed E-state index contributed by atoms with van der Waals surface area (Å²) in [6, 6.07) is 4.88. The third-order valence-corrected chi connectivity index (χ3v) is 3.21. The molecule has 0 fully saturated rings. The van der Waals surface area contributed by atoms with Crippen LogP contribution in [0.4, 0.5) is 0 Å². The molecule has 5 heteroatoms. The first kappa shape index (κ1) is 12.4. The van der Waals surface area contributed by atoms with E-state index in [9.17, 15) is 9.59 Å². The van der Waals surface area contributed by atoms with Crippen LogP contribution in [0.15, 0.2) is 18.2 Å². The minimum Gasteiger partial charge on any atom is -0.481 e. The smallest absolute Gasteiger partial charge is 0.306 e. The molecule has 1 aromatic carbocycles. The average molecular weight is 250 g/mol. The predicted octanol–water partition coefficient (Wildman–Crippen LogP) is 1.95. The van der Waals surface area contributed by atoms with Crippen LogP contribution in [0, 0.1) is 11.8 Å². The van der Waals surface area contributed by atoms with Gasteiger partial charge in [0.05, 0.1) is 5.92 Å². The maximum Gasteiger partial charge on any atom is 0.306 e. The second kappa shape index (κ2) is 4.68. The Hall–Kier alpha value is -2.04. The Morgan fingerprint density at radius 1 is 1.17 bits per heavy atom. The minimum atomic E-state index is -0.975. The molecule has 2 atom stereocenters. The SMILES string of the molecule is C[C@H](C(=O)c1ccc2c(c1)OCO2)[C@@H](C)C(=O)O. The second-order valence-corrected chi connectivity index (χ2v) is 4.35. The first-order chi connectivity index (χ1) is 8.50. The Balaban J connectivity index is 2.21. The van der Waals surface area contributed by atoms with Crippen LogP contribution in [-0.2, 0) is 4.79 Å². The van der Waals surface area contributed by atoms with Gasteiger partial charge in [-0.25, -0.2) is 0 Å². The van der Waals surface area contributed by atoms with Gasteiger partial charge in [0, 0.05) is 11.5 Å². The molecule has 0 saturated carbocycles. The summed E-state index contributed by atoms with van der Waals surface area (Å²) in [6.07, 6.45) is 0. The quantitative estimate of drug-likeness (QED) is 0.827. The van der Waals surface area contributed by atoms with E-state index in [1.54, 1.807) is 25.1 Å². The van der Waals surface area contributed by atoms with Gasteiger partial charge in [0.2, 0.25) is 6.79 Å². The summed E-state index contributed by atoms with van der Waals surface area (Å²) in [6.45, 7) is 3.29. The van der Waals surface area contributed by atoms with Crippen molar-refractivity contribution >= 4 is 11.8 Å². The summed E-state index contributed by atoms with van der Waals surface area (Å²) in [4.78, 5) is 23.0. The van der Waals surface area contributed by atoms with Crippen LogP contribution in [0.5, 0.6) is 11.5 Å². The monoisotopic (exact) mass is 250 g/mol. The number of hydrogen-bond donors (Lipinski definition) is 1. The third kappa shape index (κ3) is 2.16. The van der Waals surface area contributed by atoms with Crippen molar-refractivity contribution in [3.63, 3.8) is 0 Å². The molecular weight excluding hydrogens is 236 g/mol. The van der Waals surface area contributed by atoms with Gasteiger partial charge in [0.1, 0.15) is 0 Å². The largest absolute Gasteiger partial charge is 0.481 e. The van der Waals surface area contributed by atoms with Gasteiger partial charge in [-0.3, -0.25) is 9.59 Å². The average Bonchev–Trinajstić information content (AvgIpc) is 2.82. The molecule has 0 radical (unpaired) electrons. The van der Waals surface area contributed by atoms with Gasteiger partial charge < -0.3 is 14.6 Å². The molecule has 2 rings (SSSR count). The summed E-state index contributed by atoms with van der Waals surface area (Å²) in [5, 5.41) is 8.91. The summed E-state index contributed by atoms with van der Waals surface area (Å²) in [5.41, 5.74) is 0.444. The lowest BCUT2D eigenvalue weighted by atomic mass is 9.88. The maximum atomic E-state index is 12.1. The minimum absolute atomic E-state index is 0.147. The molecular formula is C13H14O5. The molecule has 1 aliphatic rings. The van der Waals surface area contributed by atoms with Crippen molar-refractivity contribution in [3.05, 3.63) is 23.8 Å². The Morgan fingerprint density at radius 3 is 2.50 bits per heavy atom. The standard InChI is InChI=1S/C13H14O5/c1-7(8(2)13(15)16)12(14)9-3-4-10-11(5-9)18-6-17-10/h3-5,7-8H,6H2,1-2H3,(H,15,16)/t7-,8+/m0/s1. The van der Waals surface area contributed by atoms with Crippen LogP contribution < -0.4 is 9.47 Å². The number of ketones is 1. The predicted molar refractivity (Wildman–Crippen MR) is 62.9 cm³/mol. The number of carbonyl (C=O) groups excluding carboxylic acids is 1. The summed E-state index contributed by atoms with van der Waals surface area (Å²) in [7, 11) is 0. The van der Waals surface area contributed by atoms with Crippen molar-refractivity contribution in [1.82, 2.24) is 0 Å². The normalized spacial score (nSPS) is 16.1. The number of Topliss-reactive ketones (excluding diaryl/α,β-unsaturated/α-hetero) is 1. The summed E-state index contributed by atoms with van der Waals surface area (Å²) >= 11 is 0. The lowest BCUT2D eigenvalue weighted by Gasteiger charge is -2.14.